The molecule has 1 nitrogen and oxygen atoms in total. The van der Waals surface area contributed by atoms with Gasteiger partial charge in [0.1, 0.15) is 0 Å². The lowest BCUT2D eigenvalue weighted by molar-refractivity contribution is 0.684. The second kappa shape index (κ2) is 4.52. The molecule has 1 unspecified atom stereocenters. The Morgan fingerprint density at radius 2 is 1.91 bits per heavy atom. The second-order valence-electron chi connectivity index (χ2n) is 2.05. The minimum atomic E-state index is -0.915. The minimum absolute atomic E-state index is 0.446. The van der Waals surface area contributed by atoms with Crippen LogP contribution in [0.15, 0.2) is 35.2 Å². The van der Waals surface area contributed by atoms with Crippen molar-refractivity contribution in [3.63, 3.8) is 0 Å². The average molecular weight is 189 g/mol. The van der Waals surface area contributed by atoms with Gasteiger partial charge in [-0.25, -0.2) is 0 Å². The highest BCUT2D eigenvalue weighted by Gasteiger charge is 1.99. The third-order valence-electron chi connectivity index (χ3n) is 1.27. The van der Waals surface area contributed by atoms with Crippen molar-refractivity contribution in [3.05, 3.63) is 30.3 Å². The summed E-state index contributed by atoms with van der Waals surface area (Å²) in [7, 11) is -0.915. The fraction of sp³-hybridized carbons (Fsp3) is 0.250. The molecule has 0 saturated heterocycles. The molecule has 1 rings (SSSR count). The molecule has 0 bridgehead atoms. The Labute approximate surface area is 73.8 Å². The summed E-state index contributed by atoms with van der Waals surface area (Å²) < 4.78 is 11.3. The summed E-state index contributed by atoms with van der Waals surface area (Å²) >= 11 is 5.45. The molecule has 0 amide bonds. The number of halogens is 1. The van der Waals surface area contributed by atoms with Crippen LogP contribution >= 0.6 is 11.6 Å². The topological polar surface area (TPSA) is 17.1 Å². The van der Waals surface area contributed by atoms with E-state index in [1.807, 2.05) is 30.3 Å². The van der Waals surface area contributed by atoms with Gasteiger partial charge in [0.05, 0.1) is 10.8 Å². The molecular formula is C8H9ClOS. The van der Waals surface area contributed by atoms with E-state index in [1.54, 1.807) is 0 Å². The molecular weight excluding hydrogens is 180 g/mol. The molecule has 1 atom stereocenters. The van der Waals surface area contributed by atoms with E-state index in [-0.39, 0.29) is 0 Å². The summed E-state index contributed by atoms with van der Waals surface area (Å²) in [4.78, 5) is 0.855. The molecule has 0 N–H and O–H groups in total. The van der Waals surface area contributed by atoms with Gasteiger partial charge in [0.15, 0.2) is 0 Å². The van der Waals surface area contributed by atoms with Gasteiger partial charge in [0.2, 0.25) is 0 Å². The molecule has 0 spiro atoms. The van der Waals surface area contributed by atoms with Gasteiger partial charge in [0, 0.05) is 16.5 Å². The van der Waals surface area contributed by atoms with E-state index < -0.39 is 10.8 Å². The van der Waals surface area contributed by atoms with E-state index in [1.165, 1.54) is 0 Å². The summed E-state index contributed by atoms with van der Waals surface area (Å²) in [6, 6.07) is 9.36. The van der Waals surface area contributed by atoms with Crippen molar-refractivity contribution in [1.82, 2.24) is 0 Å². The highest BCUT2D eigenvalue weighted by Crippen LogP contribution is 2.05. The van der Waals surface area contributed by atoms with Crippen molar-refractivity contribution in [2.75, 3.05) is 11.6 Å². The summed E-state index contributed by atoms with van der Waals surface area (Å²) in [5.41, 5.74) is 0. The molecule has 0 aliphatic rings. The molecule has 1 aromatic rings. The monoisotopic (exact) mass is 188 g/mol. The van der Waals surface area contributed by atoms with Gasteiger partial charge in [-0.2, -0.15) is 0 Å². The van der Waals surface area contributed by atoms with Crippen LogP contribution in [0.25, 0.3) is 0 Å². The standard InChI is InChI=1S/C8H9ClOS/c9-6-7-11(10)8-4-2-1-3-5-8/h1-5H,6-7H2. The zero-order chi connectivity index (χ0) is 8.10. The smallest absolute Gasteiger partial charge is 0.0541 e. The van der Waals surface area contributed by atoms with E-state index in [2.05, 4.69) is 0 Å². The highest BCUT2D eigenvalue weighted by atomic mass is 35.5. The van der Waals surface area contributed by atoms with Gasteiger partial charge >= 0.3 is 0 Å². The Bertz CT molecular complexity index is 235. The molecule has 0 heterocycles. The quantitative estimate of drug-likeness (QED) is 0.664. The van der Waals surface area contributed by atoms with Gasteiger partial charge in [-0.1, -0.05) is 18.2 Å². The van der Waals surface area contributed by atoms with Crippen LogP contribution in [0, 0.1) is 0 Å². The Morgan fingerprint density at radius 3 is 2.45 bits per heavy atom. The molecule has 60 valence electrons. The summed E-state index contributed by atoms with van der Waals surface area (Å²) in [5.74, 6) is 0.979. The number of rotatable bonds is 3. The first-order valence-electron chi connectivity index (χ1n) is 3.34. The molecule has 0 aliphatic heterocycles. The Balaban J connectivity index is 2.69. The zero-order valence-corrected chi connectivity index (χ0v) is 7.57. The van der Waals surface area contributed by atoms with Gasteiger partial charge in [-0.05, 0) is 12.1 Å². The first-order chi connectivity index (χ1) is 5.34. The largest absolute Gasteiger partial charge is 0.254 e. The van der Waals surface area contributed by atoms with E-state index >= 15 is 0 Å². The van der Waals surface area contributed by atoms with Crippen LogP contribution in [-0.2, 0) is 10.8 Å². The number of hydrogen-bond donors (Lipinski definition) is 0. The second-order valence-corrected chi connectivity index (χ2v) is 4.00. The Kier molecular flexibility index (Phi) is 3.60. The van der Waals surface area contributed by atoms with E-state index in [0.717, 1.165) is 4.90 Å². The van der Waals surface area contributed by atoms with Crippen LogP contribution in [0.2, 0.25) is 0 Å². The van der Waals surface area contributed by atoms with Gasteiger partial charge < -0.3 is 0 Å². The maximum absolute atomic E-state index is 11.3. The lowest BCUT2D eigenvalue weighted by atomic mass is 10.4. The Morgan fingerprint density at radius 1 is 1.27 bits per heavy atom. The van der Waals surface area contributed by atoms with Crippen LogP contribution in [0.3, 0.4) is 0 Å². The fourth-order valence-electron chi connectivity index (χ4n) is 0.760. The maximum atomic E-state index is 11.3. The minimum Gasteiger partial charge on any atom is -0.254 e. The van der Waals surface area contributed by atoms with Crippen LogP contribution < -0.4 is 0 Å². The van der Waals surface area contributed by atoms with Crippen molar-refractivity contribution >= 4 is 22.4 Å². The third-order valence-corrected chi connectivity index (χ3v) is 3.05. The molecule has 3 heteroatoms. The highest BCUT2D eigenvalue weighted by molar-refractivity contribution is 7.85. The first-order valence-corrected chi connectivity index (χ1v) is 5.19. The van der Waals surface area contributed by atoms with Crippen LogP contribution in [0.1, 0.15) is 0 Å². The lowest BCUT2D eigenvalue weighted by Crippen LogP contribution is -1.98. The van der Waals surface area contributed by atoms with E-state index in [9.17, 15) is 4.21 Å². The summed E-state index contributed by atoms with van der Waals surface area (Å²) in [6.07, 6.45) is 0. The predicted octanol–water partition coefficient (Wildman–Crippen LogP) is 2.03. The van der Waals surface area contributed by atoms with Crippen molar-refractivity contribution in [3.8, 4) is 0 Å². The van der Waals surface area contributed by atoms with Crippen LogP contribution in [0.5, 0.6) is 0 Å². The van der Waals surface area contributed by atoms with Crippen molar-refractivity contribution < 1.29 is 4.21 Å². The molecule has 0 saturated carbocycles. The summed E-state index contributed by atoms with van der Waals surface area (Å²) in [6.45, 7) is 0. The molecule has 0 radical (unpaired) electrons. The van der Waals surface area contributed by atoms with Crippen molar-refractivity contribution in [2.24, 2.45) is 0 Å². The maximum Gasteiger partial charge on any atom is 0.0541 e. The molecule has 0 fully saturated rings. The Hall–Kier alpha value is -0.340. The predicted molar refractivity (Wildman–Crippen MR) is 48.4 cm³/mol. The third kappa shape index (κ3) is 2.64. The molecule has 11 heavy (non-hydrogen) atoms. The van der Waals surface area contributed by atoms with Gasteiger partial charge in [-0.3, -0.25) is 4.21 Å². The van der Waals surface area contributed by atoms with Crippen LogP contribution in [-0.4, -0.2) is 15.8 Å². The zero-order valence-electron chi connectivity index (χ0n) is 6.00. The molecule has 0 aliphatic carbocycles. The SMILES string of the molecule is O=S(CCCl)c1ccccc1. The van der Waals surface area contributed by atoms with Crippen LogP contribution in [0.4, 0.5) is 0 Å². The average Bonchev–Trinajstić information content (AvgIpc) is 2.07. The van der Waals surface area contributed by atoms with Gasteiger partial charge in [0.25, 0.3) is 0 Å². The van der Waals surface area contributed by atoms with E-state index in [0.29, 0.717) is 11.6 Å². The molecule has 0 aromatic heterocycles. The van der Waals surface area contributed by atoms with Crippen molar-refractivity contribution in [1.29, 1.82) is 0 Å². The fourth-order valence-corrected chi connectivity index (χ4v) is 2.02. The number of benzene rings is 1. The normalized spacial score (nSPS) is 12.8. The van der Waals surface area contributed by atoms with Crippen molar-refractivity contribution in [2.45, 2.75) is 4.90 Å². The number of alkyl halides is 1. The van der Waals surface area contributed by atoms with Gasteiger partial charge in [-0.15, -0.1) is 11.6 Å². The first kappa shape index (κ1) is 8.75. The lowest BCUT2D eigenvalue weighted by Gasteiger charge is -1.96. The van der Waals surface area contributed by atoms with E-state index in [4.69, 9.17) is 11.6 Å². The number of hydrogen-bond acceptors (Lipinski definition) is 1. The summed E-state index contributed by atoms with van der Waals surface area (Å²) in [5, 5.41) is 0. The molecule has 1 aromatic carbocycles.